The van der Waals surface area contributed by atoms with Gasteiger partial charge >= 0.3 is 6.09 Å². The van der Waals surface area contributed by atoms with Crippen LogP contribution in [0.1, 0.15) is 16.7 Å². The summed E-state index contributed by atoms with van der Waals surface area (Å²) in [5.74, 6) is 0. The van der Waals surface area contributed by atoms with Crippen LogP contribution in [-0.2, 0) is 38.8 Å². The molecule has 5 rings (SSSR count). The number of fused-ring (bicyclic) bond motifs is 1. The SMILES string of the molecule is O=C1O[C@H](CF)[C@H]2[C@H](OCc3ccccc3)[C@@H](OCc3ccccc3)[C@H](COCc3ccccc3)N12. The van der Waals surface area contributed by atoms with Gasteiger partial charge < -0.3 is 18.9 Å². The van der Waals surface area contributed by atoms with Gasteiger partial charge in [-0.2, -0.15) is 0 Å². The Morgan fingerprint density at radius 1 is 0.722 bits per heavy atom. The van der Waals surface area contributed by atoms with E-state index in [2.05, 4.69) is 0 Å². The Bertz CT molecular complexity index is 1100. The molecule has 2 aliphatic rings. The molecule has 3 aromatic carbocycles. The minimum Gasteiger partial charge on any atom is -0.441 e. The second-order valence-electron chi connectivity index (χ2n) is 9.06. The Balaban J connectivity index is 1.38. The van der Waals surface area contributed by atoms with Crippen molar-refractivity contribution in [2.24, 2.45) is 0 Å². The first-order valence-corrected chi connectivity index (χ1v) is 12.2. The highest BCUT2D eigenvalue weighted by Crippen LogP contribution is 2.39. The fourth-order valence-electron chi connectivity index (χ4n) is 4.96. The molecule has 6 nitrogen and oxygen atoms in total. The van der Waals surface area contributed by atoms with Crippen molar-refractivity contribution in [2.75, 3.05) is 13.3 Å². The molecule has 2 heterocycles. The highest BCUT2D eigenvalue weighted by atomic mass is 19.1. The third-order valence-electron chi connectivity index (χ3n) is 6.68. The van der Waals surface area contributed by atoms with Crippen LogP contribution >= 0.6 is 0 Å². The molecule has 0 saturated carbocycles. The lowest BCUT2D eigenvalue weighted by Crippen LogP contribution is -2.43. The van der Waals surface area contributed by atoms with E-state index >= 15 is 0 Å². The topological polar surface area (TPSA) is 57.2 Å². The number of rotatable bonds is 11. The van der Waals surface area contributed by atoms with E-state index in [0.29, 0.717) is 19.8 Å². The second-order valence-corrected chi connectivity index (χ2v) is 9.06. The fraction of sp³-hybridized carbons (Fsp3) is 0.345. The first-order chi connectivity index (χ1) is 17.7. The summed E-state index contributed by atoms with van der Waals surface area (Å²) in [5.41, 5.74) is 3.01. The molecule has 36 heavy (non-hydrogen) atoms. The normalized spacial score (nSPS) is 25.1. The molecule has 5 atom stereocenters. The van der Waals surface area contributed by atoms with Gasteiger partial charge in [0.15, 0.2) is 6.10 Å². The Morgan fingerprint density at radius 2 is 1.22 bits per heavy atom. The molecular weight excluding hydrogens is 461 g/mol. The number of hydrogen-bond donors (Lipinski definition) is 0. The second kappa shape index (κ2) is 11.6. The van der Waals surface area contributed by atoms with Crippen LogP contribution in [0, 0.1) is 0 Å². The van der Waals surface area contributed by atoms with Gasteiger partial charge in [0.1, 0.15) is 24.9 Å². The maximum Gasteiger partial charge on any atom is 0.411 e. The van der Waals surface area contributed by atoms with Crippen LogP contribution in [0.5, 0.6) is 0 Å². The van der Waals surface area contributed by atoms with Gasteiger partial charge in [0, 0.05) is 0 Å². The molecule has 188 valence electrons. The highest BCUT2D eigenvalue weighted by Gasteiger charge is 2.60. The van der Waals surface area contributed by atoms with Crippen LogP contribution in [0.3, 0.4) is 0 Å². The van der Waals surface area contributed by atoms with E-state index in [-0.39, 0.29) is 6.61 Å². The van der Waals surface area contributed by atoms with E-state index in [1.165, 1.54) is 0 Å². The van der Waals surface area contributed by atoms with Crippen LogP contribution < -0.4 is 0 Å². The Morgan fingerprint density at radius 3 is 1.75 bits per heavy atom. The third-order valence-corrected chi connectivity index (χ3v) is 6.68. The zero-order valence-corrected chi connectivity index (χ0v) is 19.9. The number of halogens is 1. The van der Waals surface area contributed by atoms with E-state index in [9.17, 15) is 9.18 Å². The summed E-state index contributed by atoms with van der Waals surface area (Å²) < 4.78 is 38.2. The molecule has 0 spiro atoms. The minimum atomic E-state index is -0.916. The molecule has 0 aromatic heterocycles. The predicted octanol–water partition coefficient (Wildman–Crippen LogP) is 4.92. The summed E-state index contributed by atoms with van der Waals surface area (Å²) >= 11 is 0. The smallest absolute Gasteiger partial charge is 0.411 e. The van der Waals surface area contributed by atoms with Crippen molar-refractivity contribution in [3.63, 3.8) is 0 Å². The molecular formula is C29H30FNO5. The fourth-order valence-corrected chi connectivity index (χ4v) is 4.96. The molecule has 0 unspecified atom stereocenters. The lowest BCUT2D eigenvalue weighted by molar-refractivity contribution is -0.0962. The standard InChI is InChI=1S/C29H30FNO5/c30-16-25-26-28(35-19-23-14-8-3-9-15-23)27(34-18-22-12-6-2-7-13-22)24(31(26)29(32)36-25)20-33-17-21-10-4-1-5-11-21/h1-15,24-28H,16-20H2/t24-,25+,26-,27-,28-/m0/s1. The van der Waals surface area contributed by atoms with E-state index < -0.39 is 43.2 Å². The summed E-state index contributed by atoms with van der Waals surface area (Å²) in [6.07, 6.45) is -2.57. The van der Waals surface area contributed by atoms with Gasteiger partial charge in [-0.25, -0.2) is 9.18 Å². The summed E-state index contributed by atoms with van der Waals surface area (Å²) in [5, 5.41) is 0. The zero-order valence-electron chi connectivity index (χ0n) is 19.9. The van der Waals surface area contributed by atoms with Gasteiger partial charge in [0.2, 0.25) is 0 Å². The molecule has 1 amide bonds. The van der Waals surface area contributed by atoms with Crippen LogP contribution in [0.4, 0.5) is 9.18 Å². The number of nitrogens with zero attached hydrogens (tertiary/aromatic N) is 1. The molecule has 0 N–H and O–H groups in total. The van der Waals surface area contributed by atoms with Gasteiger partial charge in [-0.3, -0.25) is 4.90 Å². The number of ether oxygens (including phenoxy) is 4. The highest BCUT2D eigenvalue weighted by molar-refractivity contribution is 5.72. The predicted molar refractivity (Wildman–Crippen MR) is 132 cm³/mol. The third kappa shape index (κ3) is 5.43. The van der Waals surface area contributed by atoms with Crippen molar-refractivity contribution in [3.05, 3.63) is 108 Å². The number of alkyl halides is 1. The number of carbonyl (C=O) groups excluding carboxylic acids is 1. The monoisotopic (exact) mass is 491 g/mol. The summed E-state index contributed by atoms with van der Waals surface area (Å²) in [6.45, 7) is 0.456. The van der Waals surface area contributed by atoms with Crippen molar-refractivity contribution in [2.45, 2.75) is 50.2 Å². The van der Waals surface area contributed by atoms with E-state index in [1.807, 2.05) is 91.0 Å². The molecule has 3 aromatic rings. The lowest BCUT2D eigenvalue weighted by atomic mass is 10.0. The Kier molecular flexibility index (Phi) is 7.91. The molecule has 2 saturated heterocycles. The van der Waals surface area contributed by atoms with Crippen LogP contribution in [0.2, 0.25) is 0 Å². The maximum absolute atomic E-state index is 14.0. The quantitative estimate of drug-likeness (QED) is 0.381. The lowest BCUT2D eigenvalue weighted by Gasteiger charge is -2.28. The first-order valence-electron chi connectivity index (χ1n) is 12.2. The molecule has 0 aliphatic carbocycles. The molecule has 0 bridgehead atoms. The maximum atomic E-state index is 14.0. The molecule has 7 heteroatoms. The van der Waals surface area contributed by atoms with E-state index in [1.54, 1.807) is 4.90 Å². The number of cyclic esters (lactones) is 1. The zero-order chi connectivity index (χ0) is 24.7. The summed E-state index contributed by atoms with van der Waals surface area (Å²) in [4.78, 5) is 14.4. The van der Waals surface area contributed by atoms with Crippen molar-refractivity contribution in [1.82, 2.24) is 4.90 Å². The van der Waals surface area contributed by atoms with E-state index in [4.69, 9.17) is 18.9 Å². The number of hydrogen-bond acceptors (Lipinski definition) is 5. The Labute approximate surface area is 210 Å². The largest absolute Gasteiger partial charge is 0.441 e. The number of benzene rings is 3. The molecule has 2 fully saturated rings. The minimum absolute atomic E-state index is 0.212. The first kappa shape index (κ1) is 24.4. The van der Waals surface area contributed by atoms with Gasteiger partial charge in [-0.05, 0) is 16.7 Å². The van der Waals surface area contributed by atoms with Crippen LogP contribution in [0.25, 0.3) is 0 Å². The summed E-state index contributed by atoms with van der Waals surface area (Å²) in [7, 11) is 0. The summed E-state index contributed by atoms with van der Waals surface area (Å²) in [6, 6.07) is 28.3. The van der Waals surface area contributed by atoms with Gasteiger partial charge in [-0.15, -0.1) is 0 Å². The van der Waals surface area contributed by atoms with Gasteiger partial charge in [0.25, 0.3) is 0 Å². The van der Waals surface area contributed by atoms with Crippen molar-refractivity contribution in [1.29, 1.82) is 0 Å². The average molecular weight is 492 g/mol. The van der Waals surface area contributed by atoms with Crippen LogP contribution in [0.15, 0.2) is 91.0 Å². The Hall–Kier alpha value is -3.26. The van der Waals surface area contributed by atoms with Gasteiger partial charge in [0.05, 0.1) is 32.5 Å². The molecule has 2 aliphatic heterocycles. The average Bonchev–Trinajstić information content (AvgIpc) is 3.42. The van der Waals surface area contributed by atoms with Crippen molar-refractivity contribution < 1.29 is 28.1 Å². The van der Waals surface area contributed by atoms with Gasteiger partial charge in [-0.1, -0.05) is 91.0 Å². The number of carbonyl (C=O) groups is 1. The molecule has 0 radical (unpaired) electrons. The van der Waals surface area contributed by atoms with E-state index in [0.717, 1.165) is 16.7 Å². The van der Waals surface area contributed by atoms with Crippen molar-refractivity contribution >= 4 is 6.09 Å². The number of amides is 1. The van der Waals surface area contributed by atoms with Crippen molar-refractivity contribution in [3.8, 4) is 0 Å². The van der Waals surface area contributed by atoms with Crippen LogP contribution in [-0.4, -0.2) is 54.7 Å².